The van der Waals surface area contributed by atoms with Crippen molar-refractivity contribution in [3.05, 3.63) is 0 Å². The van der Waals surface area contributed by atoms with E-state index in [1.165, 1.54) is 0 Å². The van der Waals surface area contributed by atoms with Crippen molar-refractivity contribution in [1.29, 1.82) is 0 Å². The van der Waals surface area contributed by atoms with Gasteiger partial charge in [-0.3, -0.25) is 14.4 Å². The molecule has 0 saturated heterocycles. The van der Waals surface area contributed by atoms with E-state index in [-0.39, 0.29) is 25.3 Å². The number of ether oxygens (including phenoxy) is 1. The van der Waals surface area contributed by atoms with Gasteiger partial charge in [-0.15, -0.1) is 0 Å². The van der Waals surface area contributed by atoms with Crippen LogP contribution in [0.15, 0.2) is 0 Å². The number of carbonyl (C=O) groups excluding carboxylic acids is 1. The monoisotopic (exact) mass is 319 g/mol. The zero-order chi connectivity index (χ0) is 18.1. The van der Waals surface area contributed by atoms with Crippen molar-refractivity contribution in [1.82, 2.24) is 0 Å². The van der Waals surface area contributed by atoms with Crippen LogP contribution in [0.4, 0.5) is 0 Å². The van der Waals surface area contributed by atoms with Crippen LogP contribution in [0.2, 0.25) is 0 Å². The van der Waals surface area contributed by atoms with Gasteiger partial charge < -0.3 is 20.7 Å². The van der Waals surface area contributed by atoms with E-state index in [0.717, 1.165) is 6.92 Å². The Hall–Kier alpha value is -1.63. The normalized spacial score (nSPS) is 13.6. The van der Waals surface area contributed by atoms with Crippen molar-refractivity contribution in [2.24, 2.45) is 17.1 Å². The number of carboxylic acids is 2. The summed E-state index contributed by atoms with van der Waals surface area (Å²) in [7, 11) is 0. The van der Waals surface area contributed by atoms with Gasteiger partial charge in [0.1, 0.15) is 5.60 Å². The van der Waals surface area contributed by atoms with Gasteiger partial charge in [0.2, 0.25) is 0 Å². The van der Waals surface area contributed by atoms with Gasteiger partial charge in [-0.25, -0.2) is 0 Å². The van der Waals surface area contributed by atoms with Crippen LogP contribution < -0.4 is 5.73 Å². The molecule has 0 heterocycles. The summed E-state index contributed by atoms with van der Waals surface area (Å²) in [5, 5.41) is 16.8. The number of aliphatic carboxylic acids is 2. The molecule has 0 saturated carbocycles. The zero-order valence-corrected chi connectivity index (χ0v) is 14.3. The van der Waals surface area contributed by atoms with Crippen LogP contribution in [0.1, 0.15) is 54.4 Å². The van der Waals surface area contributed by atoms with Gasteiger partial charge in [-0.2, -0.15) is 0 Å². The minimum absolute atomic E-state index is 0.0696. The molecule has 0 rings (SSSR count). The van der Waals surface area contributed by atoms with Crippen LogP contribution in [0.25, 0.3) is 0 Å². The summed E-state index contributed by atoms with van der Waals surface area (Å²) in [6.07, 6.45) is 0.323. The first kappa shape index (κ1) is 22.6. The van der Waals surface area contributed by atoms with Gasteiger partial charge >= 0.3 is 11.9 Å². The van der Waals surface area contributed by atoms with Gasteiger partial charge in [0.05, 0.1) is 0 Å². The van der Waals surface area contributed by atoms with Crippen LogP contribution in [-0.2, 0) is 19.1 Å². The third-order valence-corrected chi connectivity index (χ3v) is 2.53. The predicted octanol–water partition coefficient (Wildman–Crippen LogP) is 1.88. The van der Waals surface area contributed by atoms with Crippen molar-refractivity contribution < 1.29 is 29.3 Å². The maximum atomic E-state index is 12.2. The quantitative estimate of drug-likeness (QED) is 0.504. The highest BCUT2D eigenvalue weighted by atomic mass is 16.6. The summed E-state index contributed by atoms with van der Waals surface area (Å²) < 4.78 is 5.24. The number of esters is 1. The third-order valence-electron chi connectivity index (χ3n) is 2.53. The SMILES string of the molecule is CC(=O)O.CC(C)C[C@@](CCN)(C(=O)O)C(=O)OC(C)(C)C. The molecule has 0 fully saturated rings. The van der Waals surface area contributed by atoms with Crippen molar-refractivity contribution >= 4 is 17.9 Å². The van der Waals surface area contributed by atoms with Crippen molar-refractivity contribution in [3.8, 4) is 0 Å². The van der Waals surface area contributed by atoms with Crippen LogP contribution in [0.3, 0.4) is 0 Å². The lowest BCUT2D eigenvalue weighted by Gasteiger charge is -2.32. The third kappa shape index (κ3) is 9.33. The van der Waals surface area contributed by atoms with E-state index in [9.17, 15) is 14.7 Å². The lowest BCUT2D eigenvalue weighted by atomic mass is 9.77. The predicted molar refractivity (Wildman–Crippen MR) is 82.4 cm³/mol. The minimum Gasteiger partial charge on any atom is -0.481 e. The molecule has 0 amide bonds. The molecule has 7 nitrogen and oxygen atoms in total. The highest BCUT2D eigenvalue weighted by Gasteiger charge is 2.48. The Morgan fingerprint density at radius 2 is 1.55 bits per heavy atom. The molecule has 4 N–H and O–H groups in total. The van der Waals surface area contributed by atoms with E-state index in [2.05, 4.69) is 0 Å². The summed E-state index contributed by atoms with van der Waals surface area (Å²) in [5.74, 6) is -2.61. The summed E-state index contributed by atoms with van der Waals surface area (Å²) in [6.45, 7) is 10.1. The Morgan fingerprint density at radius 1 is 1.14 bits per heavy atom. The Morgan fingerprint density at radius 3 is 1.77 bits per heavy atom. The Bertz CT molecular complexity index is 382. The standard InChI is InChI=1S/C13H25NO4.C2H4O2/c1-9(2)8-13(6-7-14,10(15)16)11(17)18-12(3,4)5;1-2(3)4/h9H,6-8,14H2,1-5H3,(H,15,16);1H3,(H,3,4)/t13-;/m0./s1. The van der Waals surface area contributed by atoms with E-state index in [4.69, 9.17) is 20.4 Å². The molecular weight excluding hydrogens is 290 g/mol. The van der Waals surface area contributed by atoms with Gasteiger partial charge in [0, 0.05) is 6.92 Å². The molecule has 0 radical (unpaired) electrons. The number of hydrogen-bond acceptors (Lipinski definition) is 5. The molecule has 0 aromatic rings. The van der Waals surface area contributed by atoms with Crippen molar-refractivity contribution in [2.75, 3.05) is 6.54 Å². The molecule has 0 spiro atoms. The summed E-state index contributed by atoms with van der Waals surface area (Å²) in [5.41, 5.74) is 3.22. The van der Waals surface area contributed by atoms with Crippen molar-refractivity contribution in [3.63, 3.8) is 0 Å². The first-order chi connectivity index (χ1) is 9.78. The lowest BCUT2D eigenvalue weighted by Crippen LogP contribution is -2.45. The van der Waals surface area contributed by atoms with Crippen molar-refractivity contribution in [2.45, 2.75) is 60.0 Å². The molecule has 1 atom stereocenters. The number of hydrogen-bond donors (Lipinski definition) is 3. The molecule has 0 aromatic carbocycles. The topological polar surface area (TPSA) is 127 Å². The first-order valence-corrected chi connectivity index (χ1v) is 7.15. The first-order valence-electron chi connectivity index (χ1n) is 7.15. The molecule has 0 aliphatic rings. The number of nitrogens with two attached hydrogens (primary N) is 1. The number of carbonyl (C=O) groups is 3. The molecule has 22 heavy (non-hydrogen) atoms. The van der Waals surface area contributed by atoms with E-state index in [1.54, 1.807) is 20.8 Å². The fraction of sp³-hybridized carbons (Fsp3) is 0.800. The Balaban J connectivity index is 0. The largest absolute Gasteiger partial charge is 0.481 e. The van der Waals surface area contributed by atoms with Crippen LogP contribution >= 0.6 is 0 Å². The molecule has 0 aliphatic carbocycles. The number of rotatable bonds is 6. The maximum absolute atomic E-state index is 12.2. The highest BCUT2D eigenvalue weighted by molar-refractivity contribution is 5.99. The smallest absolute Gasteiger partial charge is 0.324 e. The Labute approximate surface area is 131 Å². The van der Waals surface area contributed by atoms with Crippen LogP contribution in [0.5, 0.6) is 0 Å². The second-order valence-corrected chi connectivity index (χ2v) is 6.54. The van der Waals surface area contributed by atoms with E-state index < -0.39 is 28.9 Å². The Kier molecular flexibility index (Phi) is 9.68. The molecule has 7 heteroatoms. The second-order valence-electron chi connectivity index (χ2n) is 6.54. The highest BCUT2D eigenvalue weighted by Crippen LogP contribution is 2.33. The van der Waals surface area contributed by atoms with Gasteiger partial charge in [0.25, 0.3) is 5.97 Å². The minimum atomic E-state index is -1.53. The van der Waals surface area contributed by atoms with E-state index in [0.29, 0.717) is 0 Å². The molecule has 0 bridgehead atoms. The molecule has 0 aromatic heterocycles. The second kappa shape index (κ2) is 9.40. The lowest BCUT2D eigenvalue weighted by molar-refractivity contribution is -0.178. The maximum Gasteiger partial charge on any atom is 0.324 e. The van der Waals surface area contributed by atoms with Crippen LogP contribution in [0, 0.1) is 11.3 Å². The average molecular weight is 319 g/mol. The average Bonchev–Trinajstić information content (AvgIpc) is 2.23. The number of carboxylic acid groups (broad SMARTS) is 2. The molecular formula is C15H29NO6. The van der Waals surface area contributed by atoms with Crippen LogP contribution in [-0.4, -0.2) is 40.3 Å². The summed E-state index contributed by atoms with van der Waals surface area (Å²) >= 11 is 0. The van der Waals surface area contributed by atoms with E-state index >= 15 is 0 Å². The molecule has 0 unspecified atom stereocenters. The van der Waals surface area contributed by atoms with Gasteiger partial charge in [0.15, 0.2) is 5.41 Å². The fourth-order valence-electron chi connectivity index (χ4n) is 1.89. The molecule has 0 aliphatic heterocycles. The van der Waals surface area contributed by atoms with E-state index in [1.807, 2.05) is 13.8 Å². The summed E-state index contributed by atoms with van der Waals surface area (Å²) in [6, 6.07) is 0. The van der Waals surface area contributed by atoms with Gasteiger partial charge in [-0.1, -0.05) is 13.8 Å². The fourth-order valence-corrected chi connectivity index (χ4v) is 1.89. The summed E-state index contributed by atoms with van der Waals surface area (Å²) in [4.78, 5) is 32.7. The molecule has 130 valence electrons. The van der Waals surface area contributed by atoms with Gasteiger partial charge in [-0.05, 0) is 46.1 Å². The zero-order valence-electron chi connectivity index (χ0n) is 14.3.